The van der Waals surface area contributed by atoms with Crippen LogP contribution in [0.2, 0.25) is 0 Å². The van der Waals surface area contributed by atoms with Gasteiger partial charge in [-0.3, -0.25) is 4.98 Å². The molecule has 0 saturated carbocycles. The molecule has 0 unspecified atom stereocenters. The van der Waals surface area contributed by atoms with E-state index in [0.29, 0.717) is 0 Å². The Hall–Kier alpha value is -1.33. The summed E-state index contributed by atoms with van der Waals surface area (Å²) in [5.74, 6) is 0. The van der Waals surface area contributed by atoms with Gasteiger partial charge in [0.2, 0.25) is 0 Å². The third kappa shape index (κ3) is 2.62. The van der Waals surface area contributed by atoms with Crippen molar-refractivity contribution in [1.82, 2.24) is 9.97 Å². The Morgan fingerprint density at radius 3 is 3.19 bits per heavy atom. The summed E-state index contributed by atoms with van der Waals surface area (Å²) in [6.07, 6.45) is 11.2. The van der Waals surface area contributed by atoms with E-state index in [2.05, 4.69) is 9.97 Å². The Morgan fingerprint density at radius 2 is 2.44 bits per heavy atom. The molecular weight excluding hydrogens is 238 g/mol. The first-order valence-corrected chi connectivity index (χ1v) is 6.72. The van der Waals surface area contributed by atoms with Gasteiger partial charge in [-0.25, -0.2) is 4.98 Å². The van der Waals surface area contributed by atoms with Gasteiger partial charge in [0.15, 0.2) is 0 Å². The molecule has 16 heavy (non-hydrogen) atoms. The van der Waals surface area contributed by atoms with Crippen LogP contribution >= 0.6 is 23.1 Å². The molecule has 0 atom stereocenters. The quantitative estimate of drug-likeness (QED) is 0.850. The Labute approximate surface area is 102 Å². The maximum Gasteiger partial charge on any atom is 0.117 e. The maximum absolute atomic E-state index is 5.66. The molecule has 2 aromatic heterocycles. The number of nitrogens with two attached hydrogens (primary N) is 1. The maximum atomic E-state index is 5.66. The van der Waals surface area contributed by atoms with Gasteiger partial charge < -0.3 is 5.73 Å². The second kappa shape index (κ2) is 5.14. The number of hydrogen-bond acceptors (Lipinski definition) is 5. The molecule has 0 saturated heterocycles. The number of hydrogen-bond donors (Lipinski definition) is 1. The number of aromatic nitrogens is 2. The summed E-state index contributed by atoms with van der Waals surface area (Å²) < 4.78 is 1.15. The van der Waals surface area contributed by atoms with Gasteiger partial charge in [-0.2, -0.15) is 0 Å². The van der Waals surface area contributed by atoms with Gasteiger partial charge in [0.1, 0.15) is 10.5 Å². The minimum atomic E-state index is 0.791. The largest absolute Gasteiger partial charge is 0.394 e. The predicted octanol–water partition coefficient (Wildman–Crippen LogP) is 2.87. The fraction of sp³-hybridized carbons (Fsp3) is 0.0909. The smallest absolute Gasteiger partial charge is 0.117 e. The van der Waals surface area contributed by atoms with Gasteiger partial charge >= 0.3 is 0 Å². The molecule has 0 aromatic carbocycles. The summed E-state index contributed by atoms with van der Waals surface area (Å²) >= 11 is 3.17. The number of nitrogens with zero attached hydrogens (tertiary/aromatic N) is 2. The van der Waals surface area contributed by atoms with E-state index < -0.39 is 0 Å². The van der Waals surface area contributed by atoms with E-state index in [1.165, 1.54) is 11.8 Å². The van der Waals surface area contributed by atoms with Crippen LogP contribution in [0.5, 0.6) is 0 Å². The number of thiazole rings is 1. The molecule has 0 aliphatic carbocycles. The van der Waals surface area contributed by atoms with E-state index in [1.807, 2.05) is 30.6 Å². The SMILES string of the molecule is CS/C(N)=C\C=C\c1nc2cnccc2s1. The van der Waals surface area contributed by atoms with E-state index >= 15 is 0 Å². The molecule has 0 aliphatic heterocycles. The summed E-state index contributed by atoms with van der Waals surface area (Å²) in [7, 11) is 0. The third-order valence-electron chi connectivity index (χ3n) is 1.94. The van der Waals surface area contributed by atoms with Crippen molar-refractivity contribution in [3.8, 4) is 0 Å². The highest BCUT2D eigenvalue weighted by atomic mass is 32.2. The van der Waals surface area contributed by atoms with Crippen LogP contribution in [0.4, 0.5) is 0 Å². The zero-order valence-corrected chi connectivity index (χ0v) is 10.4. The number of allylic oxidation sites excluding steroid dienone is 2. The van der Waals surface area contributed by atoms with Gasteiger partial charge in [0.05, 0.1) is 15.9 Å². The molecule has 82 valence electrons. The van der Waals surface area contributed by atoms with Crippen molar-refractivity contribution in [2.45, 2.75) is 0 Å². The molecule has 3 nitrogen and oxygen atoms in total. The molecule has 0 fully saturated rings. The fourth-order valence-corrected chi connectivity index (χ4v) is 2.22. The minimum absolute atomic E-state index is 0.791. The highest BCUT2D eigenvalue weighted by Crippen LogP contribution is 2.21. The average Bonchev–Trinajstić information content (AvgIpc) is 2.71. The highest BCUT2D eigenvalue weighted by molar-refractivity contribution is 8.02. The Balaban J connectivity index is 2.22. The van der Waals surface area contributed by atoms with Crippen molar-refractivity contribution >= 4 is 39.4 Å². The zero-order valence-electron chi connectivity index (χ0n) is 8.75. The van der Waals surface area contributed by atoms with Gasteiger partial charge in [0, 0.05) is 6.20 Å². The molecule has 2 rings (SSSR count). The van der Waals surface area contributed by atoms with E-state index in [4.69, 9.17) is 5.73 Å². The van der Waals surface area contributed by atoms with Gasteiger partial charge in [-0.15, -0.1) is 23.1 Å². The number of rotatable bonds is 3. The minimum Gasteiger partial charge on any atom is -0.394 e. The number of thioether (sulfide) groups is 1. The normalized spacial score (nSPS) is 12.7. The monoisotopic (exact) mass is 249 g/mol. The fourth-order valence-electron chi connectivity index (χ4n) is 1.16. The molecule has 2 aromatic rings. The lowest BCUT2D eigenvalue weighted by Crippen LogP contribution is -1.88. The van der Waals surface area contributed by atoms with Crippen molar-refractivity contribution in [2.75, 3.05) is 6.26 Å². The zero-order chi connectivity index (χ0) is 11.4. The van der Waals surface area contributed by atoms with E-state index in [1.54, 1.807) is 23.7 Å². The molecule has 0 spiro atoms. The van der Waals surface area contributed by atoms with E-state index in [9.17, 15) is 0 Å². The van der Waals surface area contributed by atoms with Crippen LogP contribution in [0.1, 0.15) is 5.01 Å². The second-order valence-electron chi connectivity index (χ2n) is 3.03. The summed E-state index contributed by atoms with van der Waals surface area (Å²) in [6.45, 7) is 0. The molecule has 5 heteroatoms. The summed E-state index contributed by atoms with van der Waals surface area (Å²) in [5.41, 5.74) is 6.60. The molecule has 2 N–H and O–H groups in total. The summed E-state index contributed by atoms with van der Waals surface area (Å²) in [6, 6.07) is 1.97. The lowest BCUT2D eigenvalue weighted by atomic mass is 10.4. The van der Waals surface area contributed by atoms with Crippen molar-refractivity contribution in [3.63, 3.8) is 0 Å². The predicted molar refractivity (Wildman–Crippen MR) is 72.2 cm³/mol. The molecule has 2 heterocycles. The lowest BCUT2D eigenvalue weighted by molar-refractivity contribution is 1.33. The second-order valence-corrected chi connectivity index (χ2v) is 4.97. The highest BCUT2D eigenvalue weighted by Gasteiger charge is 1.99. The van der Waals surface area contributed by atoms with Crippen LogP contribution in [0.25, 0.3) is 16.3 Å². The topological polar surface area (TPSA) is 51.8 Å². The third-order valence-corrected chi connectivity index (χ3v) is 3.55. The van der Waals surface area contributed by atoms with Crippen molar-refractivity contribution < 1.29 is 0 Å². The lowest BCUT2D eigenvalue weighted by Gasteiger charge is -1.88. The van der Waals surface area contributed by atoms with Crippen LogP contribution in [0.3, 0.4) is 0 Å². The van der Waals surface area contributed by atoms with Crippen LogP contribution in [-0.2, 0) is 0 Å². The van der Waals surface area contributed by atoms with Crippen LogP contribution in [0, 0.1) is 0 Å². The van der Waals surface area contributed by atoms with Gasteiger partial charge in [0.25, 0.3) is 0 Å². The van der Waals surface area contributed by atoms with Gasteiger partial charge in [-0.1, -0.05) is 6.08 Å². The van der Waals surface area contributed by atoms with Crippen molar-refractivity contribution in [3.05, 3.63) is 40.6 Å². The van der Waals surface area contributed by atoms with Crippen LogP contribution in [0.15, 0.2) is 35.6 Å². The molecule has 0 aliphatic rings. The summed E-state index contributed by atoms with van der Waals surface area (Å²) in [5, 5.41) is 1.76. The van der Waals surface area contributed by atoms with Gasteiger partial charge in [-0.05, 0) is 24.5 Å². The summed E-state index contributed by atoms with van der Waals surface area (Å²) in [4.78, 5) is 8.46. The Morgan fingerprint density at radius 1 is 1.56 bits per heavy atom. The van der Waals surface area contributed by atoms with Crippen LogP contribution in [-0.4, -0.2) is 16.2 Å². The first-order valence-electron chi connectivity index (χ1n) is 4.68. The average molecular weight is 249 g/mol. The Bertz CT molecular complexity index is 510. The van der Waals surface area contributed by atoms with Crippen LogP contribution < -0.4 is 5.73 Å². The van der Waals surface area contributed by atoms with Crippen molar-refractivity contribution in [1.29, 1.82) is 0 Å². The first-order chi connectivity index (χ1) is 7.79. The molecule has 0 amide bonds. The molecule has 0 radical (unpaired) electrons. The first kappa shape index (κ1) is 11.2. The number of pyridine rings is 1. The Kier molecular flexibility index (Phi) is 3.58. The van der Waals surface area contributed by atoms with E-state index in [0.717, 1.165) is 20.3 Å². The molecular formula is C11H11N3S2. The standard InChI is InChI=1S/C11H11N3S2/c1-15-10(12)3-2-4-11-14-8-7-13-6-5-9(8)16-11/h2-7H,12H2,1H3/b4-2+,10-3-. The van der Waals surface area contributed by atoms with E-state index in [-0.39, 0.29) is 0 Å². The number of fused-ring (bicyclic) bond motifs is 1. The van der Waals surface area contributed by atoms with Crippen molar-refractivity contribution in [2.24, 2.45) is 5.73 Å². The molecule has 0 bridgehead atoms.